The highest BCUT2D eigenvalue weighted by molar-refractivity contribution is 7.99. The molecule has 0 aliphatic rings. The van der Waals surface area contributed by atoms with Gasteiger partial charge in [-0.25, -0.2) is 0 Å². The van der Waals surface area contributed by atoms with Crippen molar-refractivity contribution in [2.45, 2.75) is 22.6 Å². The van der Waals surface area contributed by atoms with Gasteiger partial charge in [-0.1, -0.05) is 35.5 Å². The van der Waals surface area contributed by atoms with Crippen molar-refractivity contribution >= 4 is 29.1 Å². The molecule has 2 rings (SSSR count). The molecule has 0 unspecified atom stereocenters. The molecule has 0 aliphatic heterocycles. The van der Waals surface area contributed by atoms with Gasteiger partial charge in [-0.05, 0) is 12.1 Å². The minimum Gasteiger partial charge on any atom is -0.491 e. The van der Waals surface area contributed by atoms with Gasteiger partial charge in [0.25, 0.3) is 0 Å². The topological polar surface area (TPSA) is 111 Å². The molecular weight excluding hydrogens is 438 g/mol. The standard InChI is InChI=1S/C22H24ClN3O4S/c1-27-9-5-11-29-20-15(13-24)16(14-25)21(30-12-6-10-28-2)22(19(20)23)31-18-8-4-3-7-17(18)26/h3-4,7-8H,5-6,9-12,26H2,1-2H3. The summed E-state index contributed by atoms with van der Waals surface area (Å²) in [7, 11) is 3.19. The van der Waals surface area contributed by atoms with E-state index in [1.165, 1.54) is 11.8 Å². The number of nitrogens with zero attached hydrogens (tertiary/aromatic N) is 2. The van der Waals surface area contributed by atoms with Crippen LogP contribution in [0.3, 0.4) is 0 Å². The third-order valence-corrected chi connectivity index (χ3v) is 5.80. The maximum absolute atomic E-state index is 9.84. The monoisotopic (exact) mass is 461 g/mol. The lowest BCUT2D eigenvalue weighted by Crippen LogP contribution is -2.08. The van der Waals surface area contributed by atoms with Crippen molar-refractivity contribution in [2.75, 3.05) is 46.4 Å². The van der Waals surface area contributed by atoms with Crippen molar-refractivity contribution in [2.24, 2.45) is 0 Å². The highest BCUT2D eigenvalue weighted by Gasteiger charge is 2.27. The molecule has 0 heterocycles. The smallest absolute Gasteiger partial charge is 0.158 e. The summed E-state index contributed by atoms with van der Waals surface area (Å²) in [5.74, 6) is 0.385. The fourth-order valence-corrected chi connectivity index (χ4v) is 4.01. The lowest BCUT2D eigenvalue weighted by molar-refractivity contribution is 0.170. The Hall–Kier alpha value is -2.62. The van der Waals surface area contributed by atoms with Gasteiger partial charge in [0, 0.05) is 50.9 Å². The van der Waals surface area contributed by atoms with Crippen LogP contribution in [0.2, 0.25) is 5.02 Å². The Labute approximate surface area is 191 Å². The molecule has 0 saturated heterocycles. The zero-order chi connectivity index (χ0) is 22.6. The number of nitrogen functional groups attached to an aromatic ring is 1. The van der Waals surface area contributed by atoms with E-state index in [0.29, 0.717) is 36.6 Å². The highest BCUT2D eigenvalue weighted by atomic mass is 35.5. The lowest BCUT2D eigenvalue weighted by atomic mass is 10.1. The van der Waals surface area contributed by atoms with E-state index in [0.717, 1.165) is 4.90 Å². The molecule has 0 spiro atoms. The number of hydrogen-bond donors (Lipinski definition) is 1. The van der Waals surface area contributed by atoms with Crippen molar-refractivity contribution in [3.05, 3.63) is 40.4 Å². The third kappa shape index (κ3) is 6.43. The average Bonchev–Trinajstić information content (AvgIpc) is 2.78. The molecule has 2 N–H and O–H groups in total. The summed E-state index contributed by atoms with van der Waals surface area (Å²) in [6, 6.07) is 11.4. The van der Waals surface area contributed by atoms with E-state index in [4.69, 9.17) is 36.3 Å². The lowest BCUT2D eigenvalue weighted by Gasteiger charge is -2.19. The van der Waals surface area contributed by atoms with Gasteiger partial charge >= 0.3 is 0 Å². The van der Waals surface area contributed by atoms with Gasteiger partial charge in [0.05, 0.1) is 18.1 Å². The summed E-state index contributed by atoms with van der Waals surface area (Å²) in [4.78, 5) is 1.21. The Morgan fingerprint density at radius 3 is 2.00 bits per heavy atom. The molecule has 9 heteroatoms. The van der Waals surface area contributed by atoms with Crippen LogP contribution >= 0.6 is 23.4 Å². The number of benzene rings is 2. The van der Waals surface area contributed by atoms with Crippen LogP contribution in [0.25, 0.3) is 0 Å². The number of nitriles is 2. The molecule has 31 heavy (non-hydrogen) atoms. The van der Waals surface area contributed by atoms with Gasteiger partial charge in [-0.15, -0.1) is 0 Å². The van der Waals surface area contributed by atoms with Gasteiger partial charge in [0.2, 0.25) is 0 Å². The zero-order valence-electron chi connectivity index (χ0n) is 17.4. The summed E-state index contributed by atoms with van der Waals surface area (Å²) >= 11 is 7.96. The zero-order valence-corrected chi connectivity index (χ0v) is 19.0. The van der Waals surface area contributed by atoms with E-state index in [2.05, 4.69) is 6.07 Å². The van der Waals surface area contributed by atoms with Crippen LogP contribution in [0.15, 0.2) is 34.1 Å². The Kier molecular flexibility index (Phi) is 10.3. The van der Waals surface area contributed by atoms with Crippen molar-refractivity contribution in [1.29, 1.82) is 10.5 Å². The minimum absolute atomic E-state index is 0.0389. The van der Waals surface area contributed by atoms with Crippen LogP contribution in [-0.2, 0) is 9.47 Å². The van der Waals surface area contributed by atoms with Gasteiger partial charge in [0.1, 0.15) is 28.3 Å². The predicted octanol–water partition coefficient (Wildman–Crippen LogP) is 4.65. The largest absolute Gasteiger partial charge is 0.491 e. The fourth-order valence-electron chi connectivity index (χ4n) is 2.67. The SMILES string of the molecule is COCCCOc1c(Cl)c(Sc2ccccc2N)c(OCCCOC)c(C#N)c1C#N. The normalized spacial score (nSPS) is 10.4. The summed E-state index contributed by atoms with van der Waals surface area (Å²) in [6.07, 6.45) is 1.21. The highest BCUT2D eigenvalue weighted by Crippen LogP contribution is 2.49. The molecule has 2 aromatic carbocycles. The van der Waals surface area contributed by atoms with E-state index >= 15 is 0 Å². The number of ether oxygens (including phenoxy) is 4. The average molecular weight is 462 g/mol. The van der Waals surface area contributed by atoms with Crippen molar-refractivity contribution in [3.8, 4) is 23.6 Å². The van der Waals surface area contributed by atoms with E-state index in [1.54, 1.807) is 20.3 Å². The molecule has 0 fully saturated rings. The van der Waals surface area contributed by atoms with Gasteiger partial charge in [-0.2, -0.15) is 10.5 Å². The fraction of sp³-hybridized carbons (Fsp3) is 0.364. The first-order chi connectivity index (χ1) is 15.1. The second-order valence-corrected chi connectivity index (χ2v) is 7.73. The second-order valence-electron chi connectivity index (χ2n) is 6.30. The Morgan fingerprint density at radius 2 is 1.45 bits per heavy atom. The third-order valence-electron chi connectivity index (χ3n) is 4.14. The number of rotatable bonds is 12. The van der Waals surface area contributed by atoms with Crippen LogP contribution in [-0.4, -0.2) is 40.6 Å². The number of methoxy groups -OCH3 is 2. The van der Waals surface area contributed by atoms with Gasteiger partial charge in [0.15, 0.2) is 11.5 Å². The van der Waals surface area contributed by atoms with Gasteiger partial charge < -0.3 is 24.7 Å². The van der Waals surface area contributed by atoms with Crippen LogP contribution < -0.4 is 15.2 Å². The number of halogens is 1. The molecular formula is C22H24ClN3O4S. The minimum atomic E-state index is 0.0389. The van der Waals surface area contributed by atoms with Crippen LogP contribution in [0.4, 0.5) is 5.69 Å². The van der Waals surface area contributed by atoms with E-state index < -0.39 is 0 Å². The molecule has 0 aliphatic carbocycles. The molecule has 164 valence electrons. The van der Waals surface area contributed by atoms with Crippen molar-refractivity contribution in [3.63, 3.8) is 0 Å². The summed E-state index contributed by atoms with van der Waals surface area (Å²) in [5, 5.41) is 19.8. The summed E-state index contributed by atoms with van der Waals surface area (Å²) in [6.45, 7) is 1.55. The molecule has 0 saturated carbocycles. The van der Waals surface area contributed by atoms with E-state index in [9.17, 15) is 10.5 Å². The summed E-state index contributed by atoms with van der Waals surface area (Å²) in [5.41, 5.74) is 6.77. The number of hydrogen-bond acceptors (Lipinski definition) is 8. The molecule has 0 bridgehead atoms. The second kappa shape index (κ2) is 12.9. The number of anilines is 1. The van der Waals surface area contributed by atoms with Crippen molar-refractivity contribution < 1.29 is 18.9 Å². The van der Waals surface area contributed by atoms with Crippen LogP contribution in [0, 0.1) is 22.7 Å². The first-order valence-corrected chi connectivity index (χ1v) is 10.7. The molecule has 0 atom stereocenters. The maximum atomic E-state index is 9.84. The first-order valence-electron chi connectivity index (χ1n) is 9.54. The van der Waals surface area contributed by atoms with E-state index in [1.807, 2.05) is 24.3 Å². The molecule has 0 radical (unpaired) electrons. The summed E-state index contributed by atoms with van der Waals surface area (Å²) < 4.78 is 21.8. The maximum Gasteiger partial charge on any atom is 0.158 e. The Morgan fingerprint density at radius 1 is 0.903 bits per heavy atom. The molecule has 7 nitrogen and oxygen atoms in total. The molecule has 0 amide bonds. The van der Waals surface area contributed by atoms with Crippen LogP contribution in [0.5, 0.6) is 11.5 Å². The molecule has 0 aromatic heterocycles. The number of nitrogens with two attached hydrogens (primary N) is 1. The number of para-hydroxylation sites is 1. The first kappa shape index (κ1) is 24.6. The van der Waals surface area contributed by atoms with Crippen LogP contribution in [0.1, 0.15) is 24.0 Å². The predicted molar refractivity (Wildman–Crippen MR) is 120 cm³/mol. The van der Waals surface area contributed by atoms with Crippen molar-refractivity contribution in [1.82, 2.24) is 0 Å². The van der Waals surface area contributed by atoms with E-state index in [-0.39, 0.29) is 40.9 Å². The van der Waals surface area contributed by atoms with Gasteiger partial charge in [-0.3, -0.25) is 0 Å². The quantitative estimate of drug-likeness (QED) is 0.359. The Balaban J connectivity index is 2.57. The molecule has 2 aromatic rings. The Bertz CT molecular complexity index is 973.